The zero-order valence-electron chi connectivity index (χ0n) is 13.8. The predicted octanol–water partition coefficient (Wildman–Crippen LogP) is 2.26. The van der Waals surface area contributed by atoms with Gasteiger partial charge < -0.3 is 15.3 Å². The van der Waals surface area contributed by atoms with Crippen molar-refractivity contribution in [3.63, 3.8) is 0 Å². The number of thioether (sulfide) groups is 1. The Bertz CT molecular complexity index is 611. The highest BCUT2D eigenvalue weighted by molar-refractivity contribution is 8.00. The number of carbonyl (C=O) groups is 3. The van der Waals surface area contributed by atoms with E-state index in [9.17, 15) is 19.5 Å². The van der Waals surface area contributed by atoms with Gasteiger partial charge >= 0.3 is 5.97 Å². The zero-order valence-corrected chi connectivity index (χ0v) is 15.4. The van der Waals surface area contributed by atoms with Crippen molar-refractivity contribution in [2.24, 2.45) is 0 Å². The highest BCUT2D eigenvalue weighted by Gasteiger charge is 2.29. The maximum absolute atomic E-state index is 12.7. The van der Waals surface area contributed by atoms with Crippen LogP contribution in [-0.4, -0.2) is 52.2 Å². The minimum Gasteiger partial charge on any atom is -0.480 e. The van der Waals surface area contributed by atoms with Gasteiger partial charge in [-0.2, -0.15) is 0 Å². The summed E-state index contributed by atoms with van der Waals surface area (Å²) in [5.41, 5.74) is 0. The molecule has 1 aromatic rings. The van der Waals surface area contributed by atoms with Crippen molar-refractivity contribution in [1.29, 1.82) is 0 Å². The van der Waals surface area contributed by atoms with E-state index in [1.54, 1.807) is 25.1 Å². The van der Waals surface area contributed by atoms with Crippen LogP contribution in [-0.2, 0) is 14.4 Å². The van der Waals surface area contributed by atoms with Gasteiger partial charge in [-0.25, -0.2) is 4.79 Å². The SMILES string of the molecule is CC(=O)NCCN(C(=O)C(C)Sc1ccccc1Cl)C(C)C(=O)O. The summed E-state index contributed by atoms with van der Waals surface area (Å²) in [6.45, 7) is 4.83. The zero-order chi connectivity index (χ0) is 18.3. The summed E-state index contributed by atoms with van der Waals surface area (Å²) in [5, 5.41) is 11.8. The normalized spacial score (nSPS) is 13.0. The van der Waals surface area contributed by atoms with Crippen LogP contribution >= 0.6 is 23.4 Å². The predicted molar refractivity (Wildman–Crippen MR) is 94.3 cm³/mol. The van der Waals surface area contributed by atoms with Crippen LogP contribution in [0.15, 0.2) is 29.2 Å². The monoisotopic (exact) mass is 372 g/mol. The third-order valence-corrected chi connectivity index (χ3v) is 4.93. The highest BCUT2D eigenvalue weighted by Crippen LogP contribution is 2.31. The summed E-state index contributed by atoms with van der Waals surface area (Å²) < 4.78 is 0. The topological polar surface area (TPSA) is 86.7 Å². The summed E-state index contributed by atoms with van der Waals surface area (Å²) in [5.74, 6) is -1.65. The van der Waals surface area contributed by atoms with Crippen LogP contribution in [0.1, 0.15) is 20.8 Å². The van der Waals surface area contributed by atoms with E-state index in [-0.39, 0.29) is 24.9 Å². The van der Waals surface area contributed by atoms with E-state index in [0.717, 1.165) is 4.90 Å². The van der Waals surface area contributed by atoms with Gasteiger partial charge in [0.2, 0.25) is 11.8 Å². The molecule has 0 saturated carbocycles. The van der Waals surface area contributed by atoms with Crippen LogP contribution in [0, 0.1) is 0 Å². The van der Waals surface area contributed by atoms with Crippen LogP contribution in [0.3, 0.4) is 0 Å². The second kappa shape index (κ2) is 9.54. The van der Waals surface area contributed by atoms with Gasteiger partial charge in [0.1, 0.15) is 6.04 Å². The molecule has 0 aliphatic carbocycles. The molecule has 0 aromatic heterocycles. The molecule has 0 saturated heterocycles. The van der Waals surface area contributed by atoms with Crippen LogP contribution in [0.5, 0.6) is 0 Å². The Balaban J connectivity index is 2.83. The summed E-state index contributed by atoms with van der Waals surface area (Å²) in [6, 6.07) is 6.17. The van der Waals surface area contributed by atoms with Gasteiger partial charge in [-0.15, -0.1) is 11.8 Å². The number of hydrogen-bond acceptors (Lipinski definition) is 4. The Morgan fingerprint density at radius 2 is 1.92 bits per heavy atom. The fraction of sp³-hybridized carbons (Fsp3) is 0.438. The fourth-order valence-corrected chi connectivity index (χ4v) is 3.22. The molecule has 0 heterocycles. The Morgan fingerprint density at radius 3 is 2.46 bits per heavy atom. The molecule has 24 heavy (non-hydrogen) atoms. The molecule has 1 aromatic carbocycles. The summed E-state index contributed by atoms with van der Waals surface area (Å²) >= 11 is 7.37. The van der Waals surface area contributed by atoms with E-state index in [1.165, 1.54) is 30.5 Å². The number of amides is 2. The lowest BCUT2D eigenvalue weighted by molar-refractivity contribution is -0.149. The molecule has 0 radical (unpaired) electrons. The van der Waals surface area contributed by atoms with E-state index >= 15 is 0 Å². The van der Waals surface area contributed by atoms with Crippen molar-refractivity contribution < 1.29 is 19.5 Å². The molecular weight excluding hydrogens is 352 g/mol. The standard InChI is InChI=1S/C16H21ClN2O4S/c1-10(16(22)23)19(9-8-18-12(3)20)15(21)11(2)24-14-7-5-4-6-13(14)17/h4-7,10-11H,8-9H2,1-3H3,(H,18,20)(H,22,23). The van der Waals surface area contributed by atoms with Crippen molar-refractivity contribution in [3.8, 4) is 0 Å². The second-order valence-corrected chi connectivity index (χ2v) is 7.01. The van der Waals surface area contributed by atoms with Crippen LogP contribution in [0.25, 0.3) is 0 Å². The van der Waals surface area contributed by atoms with Crippen molar-refractivity contribution in [2.45, 2.75) is 37.0 Å². The number of carboxylic acids is 1. The molecular formula is C16H21ClN2O4S. The molecule has 2 N–H and O–H groups in total. The third kappa shape index (κ3) is 6.05. The molecule has 2 amide bonds. The van der Waals surface area contributed by atoms with Gasteiger partial charge in [-0.1, -0.05) is 23.7 Å². The lowest BCUT2D eigenvalue weighted by Gasteiger charge is -2.29. The minimum atomic E-state index is -1.10. The number of nitrogens with zero attached hydrogens (tertiary/aromatic N) is 1. The second-order valence-electron chi connectivity index (χ2n) is 5.22. The molecule has 0 aliphatic rings. The van der Waals surface area contributed by atoms with Crippen molar-refractivity contribution in [3.05, 3.63) is 29.3 Å². The first kappa shape index (κ1) is 20.3. The van der Waals surface area contributed by atoms with E-state index in [4.69, 9.17) is 11.6 Å². The molecule has 2 atom stereocenters. The molecule has 1 rings (SSSR count). The largest absolute Gasteiger partial charge is 0.480 e. The first-order valence-corrected chi connectivity index (χ1v) is 8.68. The molecule has 132 valence electrons. The Hall–Kier alpha value is -1.73. The molecule has 6 nitrogen and oxygen atoms in total. The van der Waals surface area contributed by atoms with Gasteiger partial charge in [0.15, 0.2) is 0 Å². The summed E-state index contributed by atoms with van der Waals surface area (Å²) in [7, 11) is 0. The van der Waals surface area contributed by atoms with Gasteiger partial charge in [0.05, 0.1) is 10.3 Å². The number of carboxylic acid groups (broad SMARTS) is 1. The lowest BCUT2D eigenvalue weighted by atomic mass is 10.2. The molecule has 2 unspecified atom stereocenters. The molecule has 0 fully saturated rings. The van der Waals surface area contributed by atoms with Crippen LogP contribution < -0.4 is 5.32 Å². The molecule has 0 aliphatic heterocycles. The molecule has 0 spiro atoms. The van der Waals surface area contributed by atoms with E-state index in [1.807, 2.05) is 6.07 Å². The number of rotatable bonds is 8. The quantitative estimate of drug-likeness (QED) is 0.683. The Morgan fingerprint density at radius 1 is 1.29 bits per heavy atom. The Kier molecular flexibility index (Phi) is 8.07. The van der Waals surface area contributed by atoms with Crippen molar-refractivity contribution in [1.82, 2.24) is 10.2 Å². The van der Waals surface area contributed by atoms with E-state index < -0.39 is 17.3 Å². The first-order valence-electron chi connectivity index (χ1n) is 7.43. The van der Waals surface area contributed by atoms with E-state index in [0.29, 0.717) is 5.02 Å². The van der Waals surface area contributed by atoms with Gasteiger partial charge in [0, 0.05) is 24.9 Å². The van der Waals surface area contributed by atoms with Gasteiger partial charge in [0.25, 0.3) is 0 Å². The Labute approximate surface area is 150 Å². The smallest absolute Gasteiger partial charge is 0.326 e. The lowest BCUT2D eigenvalue weighted by Crippen LogP contribution is -2.49. The third-order valence-electron chi connectivity index (χ3n) is 3.32. The minimum absolute atomic E-state index is 0.124. The maximum atomic E-state index is 12.7. The average Bonchev–Trinajstić information content (AvgIpc) is 2.52. The first-order chi connectivity index (χ1) is 11.2. The highest BCUT2D eigenvalue weighted by atomic mass is 35.5. The van der Waals surface area contributed by atoms with E-state index in [2.05, 4.69) is 5.32 Å². The number of aliphatic carboxylic acids is 1. The summed E-state index contributed by atoms with van der Waals surface area (Å²) in [6.07, 6.45) is 0. The number of benzene rings is 1. The number of hydrogen-bond donors (Lipinski definition) is 2. The molecule has 0 bridgehead atoms. The fourth-order valence-electron chi connectivity index (χ4n) is 2.00. The van der Waals surface area contributed by atoms with Crippen LogP contribution in [0.4, 0.5) is 0 Å². The number of halogens is 1. The number of nitrogens with one attached hydrogen (secondary N) is 1. The maximum Gasteiger partial charge on any atom is 0.326 e. The average molecular weight is 373 g/mol. The number of carbonyl (C=O) groups excluding carboxylic acids is 2. The van der Waals surface area contributed by atoms with Crippen molar-refractivity contribution >= 4 is 41.1 Å². The molecule has 8 heteroatoms. The van der Waals surface area contributed by atoms with Gasteiger partial charge in [-0.05, 0) is 26.0 Å². The van der Waals surface area contributed by atoms with Gasteiger partial charge in [-0.3, -0.25) is 9.59 Å². The summed E-state index contributed by atoms with van der Waals surface area (Å²) in [4.78, 5) is 36.9. The van der Waals surface area contributed by atoms with Crippen LogP contribution in [0.2, 0.25) is 5.02 Å². The van der Waals surface area contributed by atoms with Crippen molar-refractivity contribution in [2.75, 3.05) is 13.1 Å².